The summed E-state index contributed by atoms with van der Waals surface area (Å²) < 4.78 is 0. The Labute approximate surface area is 121 Å². The van der Waals surface area contributed by atoms with E-state index in [1.165, 1.54) is 6.07 Å². The molecule has 0 saturated carbocycles. The lowest BCUT2D eigenvalue weighted by Crippen LogP contribution is -2.13. The largest absolute Gasteiger partial charge is 0.388 e. The van der Waals surface area contributed by atoms with E-state index in [1.54, 1.807) is 37.5 Å². The number of nitrogens with one attached hydrogen (secondary N) is 2. The molecule has 2 N–H and O–H groups in total. The molecule has 0 saturated heterocycles. The zero-order chi connectivity index (χ0) is 14.5. The highest BCUT2D eigenvalue weighted by molar-refractivity contribution is 6.32. The maximum atomic E-state index is 12.0. The third kappa shape index (κ3) is 3.05. The second kappa shape index (κ2) is 6.04. The summed E-state index contributed by atoms with van der Waals surface area (Å²) in [5.74, 6) is -0.345. The topological polar surface area (TPSA) is 77.8 Å². The molecule has 1 amide bonds. The Morgan fingerprint density at radius 3 is 2.75 bits per heavy atom. The summed E-state index contributed by atoms with van der Waals surface area (Å²) >= 11 is 5.91. The van der Waals surface area contributed by atoms with Gasteiger partial charge in [0.25, 0.3) is 5.91 Å². The predicted molar refractivity (Wildman–Crippen MR) is 77.9 cm³/mol. The van der Waals surface area contributed by atoms with Gasteiger partial charge in [-0.2, -0.15) is 5.26 Å². The van der Waals surface area contributed by atoms with Crippen LogP contribution in [-0.2, 0) is 0 Å². The number of rotatable bonds is 3. The number of nitriles is 1. The minimum Gasteiger partial charge on any atom is -0.388 e. The monoisotopic (exact) mass is 286 g/mol. The SMILES string of the molecule is CNc1ccnc(C(=O)Nc2ccc(C#N)c(Cl)c2)c1. The van der Waals surface area contributed by atoms with Crippen LogP contribution in [0.2, 0.25) is 5.02 Å². The van der Waals surface area contributed by atoms with Crippen molar-refractivity contribution >= 4 is 28.9 Å². The van der Waals surface area contributed by atoms with Crippen molar-refractivity contribution in [3.05, 3.63) is 52.8 Å². The Hall–Kier alpha value is -2.58. The smallest absolute Gasteiger partial charge is 0.274 e. The molecular weight excluding hydrogens is 276 g/mol. The third-order valence-corrected chi connectivity index (χ3v) is 2.94. The molecule has 0 aliphatic heterocycles. The maximum Gasteiger partial charge on any atom is 0.274 e. The molecule has 0 aliphatic carbocycles. The van der Waals surface area contributed by atoms with E-state index in [2.05, 4.69) is 15.6 Å². The molecule has 0 atom stereocenters. The number of hydrogen-bond donors (Lipinski definition) is 2. The molecule has 1 aromatic heterocycles. The lowest BCUT2D eigenvalue weighted by molar-refractivity contribution is 0.102. The van der Waals surface area contributed by atoms with E-state index in [4.69, 9.17) is 16.9 Å². The minimum atomic E-state index is -0.345. The molecule has 20 heavy (non-hydrogen) atoms. The third-order valence-electron chi connectivity index (χ3n) is 2.63. The molecule has 1 aromatic carbocycles. The van der Waals surface area contributed by atoms with Crippen molar-refractivity contribution in [2.24, 2.45) is 0 Å². The summed E-state index contributed by atoms with van der Waals surface area (Å²) in [6.45, 7) is 0. The van der Waals surface area contributed by atoms with E-state index >= 15 is 0 Å². The van der Waals surface area contributed by atoms with Gasteiger partial charge < -0.3 is 10.6 Å². The fraction of sp³-hybridized carbons (Fsp3) is 0.0714. The van der Waals surface area contributed by atoms with E-state index in [0.717, 1.165) is 5.69 Å². The summed E-state index contributed by atoms with van der Waals surface area (Å²) in [4.78, 5) is 16.0. The quantitative estimate of drug-likeness (QED) is 0.909. The van der Waals surface area contributed by atoms with Crippen molar-refractivity contribution < 1.29 is 4.79 Å². The van der Waals surface area contributed by atoms with Gasteiger partial charge in [-0.25, -0.2) is 0 Å². The van der Waals surface area contributed by atoms with Gasteiger partial charge in [0.15, 0.2) is 0 Å². The predicted octanol–water partition coefficient (Wildman–Crippen LogP) is 2.90. The van der Waals surface area contributed by atoms with E-state index in [-0.39, 0.29) is 11.6 Å². The first-order valence-electron chi connectivity index (χ1n) is 5.79. The average Bonchev–Trinajstić information content (AvgIpc) is 2.47. The number of halogens is 1. The molecule has 0 fully saturated rings. The highest BCUT2D eigenvalue weighted by Crippen LogP contribution is 2.20. The first-order valence-corrected chi connectivity index (χ1v) is 6.16. The van der Waals surface area contributed by atoms with Crippen LogP contribution in [-0.4, -0.2) is 17.9 Å². The lowest BCUT2D eigenvalue weighted by atomic mass is 10.2. The van der Waals surface area contributed by atoms with Crippen molar-refractivity contribution in [1.29, 1.82) is 5.26 Å². The molecule has 2 aromatic rings. The first-order chi connectivity index (χ1) is 9.63. The molecule has 0 bridgehead atoms. The highest BCUT2D eigenvalue weighted by Gasteiger charge is 2.09. The summed E-state index contributed by atoms with van der Waals surface area (Å²) in [6.07, 6.45) is 1.55. The number of aromatic nitrogens is 1. The number of carbonyl (C=O) groups excluding carboxylic acids is 1. The van der Waals surface area contributed by atoms with Crippen LogP contribution in [0.25, 0.3) is 0 Å². The van der Waals surface area contributed by atoms with Gasteiger partial charge in [0.2, 0.25) is 0 Å². The molecule has 6 heteroatoms. The molecule has 0 spiro atoms. The van der Waals surface area contributed by atoms with Crippen LogP contribution in [0.5, 0.6) is 0 Å². The summed E-state index contributed by atoms with van der Waals surface area (Å²) in [5, 5.41) is 14.7. The standard InChI is InChI=1S/C14H11ClN4O/c1-17-10-4-5-18-13(7-10)14(20)19-11-3-2-9(8-16)12(15)6-11/h2-7H,1H3,(H,17,18)(H,19,20). The highest BCUT2D eigenvalue weighted by atomic mass is 35.5. The second-order valence-corrected chi connectivity index (χ2v) is 4.35. The number of anilines is 2. The number of hydrogen-bond acceptors (Lipinski definition) is 4. The van der Waals surface area contributed by atoms with Crippen LogP contribution >= 0.6 is 11.6 Å². The van der Waals surface area contributed by atoms with Gasteiger partial charge in [0.05, 0.1) is 10.6 Å². The maximum absolute atomic E-state index is 12.0. The zero-order valence-corrected chi connectivity index (χ0v) is 11.4. The molecule has 100 valence electrons. The van der Waals surface area contributed by atoms with Crippen molar-refractivity contribution in [3.8, 4) is 6.07 Å². The Balaban J connectivity index is 2.19. The Morgan fingerprint density at radius 2 is 2.10 bits per heavy atom. The van der Waals surface area contributed by atoms with Gasteiger partial charge in [-0.1, -0.05) is 11.6 Å². The molecule has 0 aliphatic rings. The number of nitrogens with zero attached hydrogens (tertiary/aromatic N) is 2. The van der Waals surface area contributed by atoms with Crippen LogP contribution in [0.3, 0.4) is 0 Å². The lowest BCUT2D eigenvalue weighted by Gasteiger charge is -2.07. The fourth-order valence-corrected chi connectivity index (χ4v) is 1.81. The first kappa shape index (κ1) is 13.8. The van der Waals surface area contributed by atoms with Crippen LogP contribution in [0.4, 0.5) is 11.4 Å². The van der Waals surface area contributed by atoms with Gasteiger partial charge in [-0.15, -0.1) is 0 Å². The van der Waals surface area contributed by atoms with Crippen LogP contribution in [0.1, 0.15) is 16.1 Å². The molecule has 5 nitrogen and oxygen atoms in total. The van der Waals surface area contributed by atoms with Crippen LogP contribution < -0.4 is 10.6 Å². The van der Waals surface area contributed by atoms with Crippen LogP contribution in [0.15, 0.2) is 36.5 Å². The van der Waals surface area contributed by atoms with Crippen molar-refractivity contribution in [3.63, 3.8) is 0 Å². The fourth-order valence-electron chi connectivity index (χ4n) is 1.59. The Kier molecular flexibility index (Phi) is 4.18. The number of pyridine rings is 1. The van der Waals surface area contributed by atoms with Gasteiger partial charge in [0, 0.05) is 24.6 Å². The van der Waals surface area contributed by atoms with Crippen LogP contribution in [0, 0.1) is 11.3 Å². The normalized spacial score (nSPS) is 9.65. The van der Waals surface area contributed by atoms with Gasteiger partial charge >= 0.3 is 0 Å². The molecular formula is C14H11ClN4O. The number of benzene rings is 1. The number of amides is 1. The van der Waals surface area contributed by atoms with Crippen molar-refractivity contribution in [2.45, 2.75) is 0 Å². The van der Waals surface area contributed by atoms with Crippen molar-refractivity contribution in [1.82, 2.24) is 4.98 Å². The second-order valence-electron chi connectivity index (χ2n) is 3.94. The summed E-state index contributed by atoms with van der Waals surface area (Å²) in [6, 6.07) is 10.1. The van der Waals surface area contributed by atoms with Gasteiger partial charge in [-0.3, -0.25) is 9.78 Å². The van der Waals surface area contributed by atoms with E-state index in [0.29, 0.717) is 16.3 Å². The van der Waals surface area contributed by atoms with E-state index < -0.39 is 0 Å². The van der Waals surface area contributed by atoms with Crippen molar-refractivity contribution in [2.75, 3.05) is 17.7 Å². The van der Waals surface area contributed by atoms with E-state index in [9.17, 15) is 4.79 Å². The number of carbonyl (C=O) groups is 1. The summed E-state index contributed by atoms with van der Waals surface area (Å²) in [5.41, 5.74) is 1.95. The summed E-state index contributed by atoms with van der Waals surface area (Å²) in [7, 11) is 1.76. The zero-order valence-electron chi connectivity index (χ0n) is 10.6. The molecule has 0 unspecified atom stereocenters. The van der Waals surface area contributed by atoms with E-state index in [1.807, 2.05) is 6.07 Å². The molecule has 1 heterocycles. The van der Waals surface area contributed by atoms with Gasteiger partial charge in [0.1, 0.15) is 11.8 Å². The Morgan fingerprint density at radius 1 is 1.30 bits per heavy atom. The molecule has 0 radical (unpaired) electrons. The Bertz CT molecular complexity index is 694. The average molecular weight is 287 g/mol. The minimum absolute atomic E-state index is 0.289. The van der Waals surface area contributed by atoms with Gasteiger partial charge in [-0.05, 0) is 30.3 Å². The molecule has 2 rings (SSSR count).